The Hall–Kier alpha value is -3.23. The second-order valence-electron chi connectivity index (χ2n) is 10.1. The number of hydrogen-bond acceptors (Lipinski definition) is 6. The van der Waals surface area contributed by atoms with E-state index in [0.29, 0.717) is 24.8 Å². The normalized spacial score (nSPS) is 26.4. The summed E-state index contributed by atoms with van der Waals surface area (Å²) in [5, 5.41) is 13.6. The van der Waals surface area contributed by atoms with Gasteiger partial charge in [-0.15, -0.1) is 0 Å². The molecule has 1 heterocycles. The Morgan fingerprint density at radius 3 is 2.64 bits per heavy atom. The number of benzene rings is 2. The van der Waals surface area contributed by atoms with Gasteiger partial charge in [-0.05, 0) is 47.2 Å². The molecule has 2 aromatic carbocycles. The third-order valence-electron chi connectivity index (χ3n) is 8.24. The Balaban J connectivity index is 1.45. The summed E-state index contributed by atoms with van der Waals surface area (Å²) < 4.78 is 5.72. The third kappa shape index (κ3) is 3.98. The van der Waals surface area contributed by atoms with E-state index >= 15 is 0 Å². The highest BCUT2D eigenvalue weighted by Crippen LogP contribution is 2.46. The predicted octanol–water partition coefficient (Wildman–Crippen LogP) is 3.31. The molecule has 0 fully saturated rings. The lowest BCUT2D eigenvalue weighted by Crippen LogP contribution is -2.52. The SMILES string of the molecule is CCC1(CC)CC(=O)N([C@H]2C[C@@H](OC)c3ccc(C(=O)N[C@@H]4c5ccccc5C[C@H]4O)cc32)C(N)=N1. The van der Waals surface area contributed by atoms with E-state index in [-0.39, 0.29) is 29.9 Å². The highest BCUT2D eigenvalue weighted by Gasteiger charge is 2.44. The summed E-state index contributed by atoms with van der Waals surface area (Å²) in [6, 6.07) is 12.4. The molecule has 2 aromatic rings. The summed E-state index contributed by atoms with van der Waals surface area (Å²) in [4.78, 5) is 33.0. The topological polar surface area (TPSA) is 117 Å². The minimum atomic E-state index is -0.675. The maximum atomic E-state index is 13.3. The molecule has 3 aliphatic rings. The van der Waals surface area contributed by atoms with E-state index in [0.717, 1.165) is 35.1 Å². The monoisotopic (exact) mass is 490 g/mol. The van der Waals surface area contributed by atoms with Crippen LogP contribution in [0.2, 0.25) is 0 Å². The van der Waals surface area contributed by atoms with Crippen LogP contribution in [-0.4, -0.2) is 46.5 Å². The minimum absolute atomic E-state index is 0.0561. The van der Waals surface area contributed by atoms with Gasteiger partial charge in [0.1, 0.15) is 0 Å². The molecule has 0 unspecified atom stereocenters. The molecule has 0 spiro atoms. The molecule has 8 heteroatoms. The summed E-state index contributed by atoms with van der Waals surface area (Å²) in [5.41, 5.74) is 10.2. The molecule has 0 radical (unpaired) electrons. The number of guanidine groups is 1. The zero-order chi connectivity index (χ0) is 25.6. The lowest BCUT2D eigenvalue weighted by molar-refractivity contribution is -0.131. The van der Waals surface area contributed by atoms with E-state index in [1.54, 1.807) is 18.1 Å². The van der Waals surface area contributed by atoms with Gasteiger partial charge >= 0.3 is 0 Å². The molecule has 4 atom stereocenters. The van der Waals surface area contributed by atoms with Crippen LogP contribution >= 0.6 is 0 Å². The van der Waals surface area contributed by atoms with Gasteiger partial charge in [-0.3, -0.25) is 14.5 Å². The number of amides is 2. The number of carbonyl (C=O) groups excluding carboxylic acids is 2. The van der Waals surface area contributed by atoms with Crippen LogP contribution < -0.4 is 11.1 Å². The van der Waals surface area contributed by atoms with Crippen molar-refractivity contribution in [2.24, 2.45) is 10.7 Å². The summed E-state index contributed by atoms with van der Waals surface area (Å²) in [5.74, 6) is -0.108. The van der Waals surface area contributed by atoms with Crippen LogP contribution in [0.25, 0.3) is 0 Å². The van der Waals surface area contributed by atoms with E-state index in [4.69, 9.17) is 15.5 Å². The lowest BCUT2D eigenvalue weighted by atomic mass is 9.87. The van der Waals surface area contributed by atoms with E-state index in [1.165, 1.54) is 0 Å². The van der Waals surface area contributed by atoms with Crippen LogP contribution in [0.15, 0.2) is 47.5 Å². The summed E-state index contributed by atoms with van der Waals surface area (Å²) in [7, 11) is 1.64. The molecule has 8 nitrogen and oxygen atoms in total. The van der Waals surface area contributed by atoms with Crippen LogP contribution in [0.5, 0.6) is 0 Å². The van der Waals surface area contributed by atoms with Crippen molar-refractivity contribution < 1.29 is 19.4 Å². The Morgan fingerprint density at radius 1 is 1.19 bits per heavy atom. The van der Waals surface area contributed by atoms with Crippen LogP contribution in [0.1, 0.15) is 90.3 Å². The fraction of sp³-hybridized carbons (Fsp3) is 0.464. The fourth-order valence-electron chi connectivity index (χ4n) is 6.02. The number of aliphatic hydroxyl groups excluding tert-OH is 1. The summed E-state index contributed by atoms with van der Waals surface area (Å²) in [6.45, 7) is 4.05. The highest BCUT2D eigenvalue weighted by atomic mass is 16.5. The van der Waals surface area contributed by atoms with Gasteiger partial charge in [-0.25, -0.2) is 4.99 Å². The van der Waals surface area contributed by atoms with Crippen molar-refractivity contribution in [2.75, 3.05) is 7.11 Å². The number of nitrogens with two attached hydrogens (primary N) is 1. The Morgan fingerprint density at radius 2 is 1.94 bits per heavy atom. The number of nitrogens with one attached hydrogen (secondary N) is 1. The van der Waals surface area contributed by atoms with Crippen molar-refractivity contribution in [3.63, 3.8) is 0 Å². The molecule has 0 bridgehead atoms. The quantitative estimate of drug-likeness (QED) is 0.574. The first-order chi connectivity index (χ1) is 17.3. The number of rotatable bonds is 6. The highest BCUT2D eigenvalue weighted by molar-refractivity contribution is 6.00. The molecule has 2 amide bonds. The van der Waals surface area contributed by atoms with Gasteiger partial charge in [0.05, 0.1) is 36.3 Å². The van der Waals surface area contributed by atoms with E-state index in [9.17, 15) is 14.7 Å². The van der Waals surface area contributed by atoms with Crippen LogP contribution in [0.4, 0.5) is 0 Å². The number of methoxy groups -OCH3 is 1. The zero-order valence-corrected chi connectivity index (χ0v) is 21.0. The Labute approximate surface area is 211 Å². The van der Waals surface area contributed by atoms with Crippen molar-refractivity contribution >= 4 is 17.8 Å². The van der Waals surface area contributed by atoms with Crippen molar-refractivity contribution in [2.45, 2.75) is 75.8 Å². The van der Waals surface area contributed by atoms with Gasteiger partial charge in [0.2, 0.25) is 5.91 Å². The fourth-order valence-corrected chi connectivity index (χ4v) is 6.02. The number of nitrogens with zero attached hydrogens (tertiary/aromatic N) is 2. The molecule has 4 N–H and O–H groups in total. The number of aliphatic imine (C=N–C) groups is 1. The molecule has 1 aliphatic heterocycles. The largest absolute Gasteiger partial charge is 0.390 e. The number of hydrogen-bond donors (Lipinski definition) is 3. The van der Waals surface area contributed by atoms with Gasteiger partial charge < -0.3 is 20.9 Å². The smallest absolute Gasteiger partial charge is 0.251 e. The lowest BCUT2D eigenvalue weighted by Gasteiger charge is -2.39. The van der Waals surface area contributed by atoms with E-state index in [1.807, 2.05) is 50.2 Å². The van der Waals surface area contributed by atoms with Gasteiger partial charge in [0.25, 0.3) is 5.91 Å². The van der Waals surface area contributed by atoms with E-state index < -0.39 is 17.7 Å². The summed E-state index contributed by atoms with van der Waals surface area (Å²) in [6.07, 6.45) is 1.96. The second-order valence-corrected chi connectivity index (χ2v) is 10.1. The standard InChI is InChI=1S/C28H34N4O4/c1-4-28(5-2)15-24(34)32(27(29)31-28)21-14-23(36-3)19-11-10-17(12-20(19)21)26(35)30-25-18-9-7-6-8-16(18)13-22(25)33/h6-12,21-23,25,33H,4-5,13-15H2,1-3H3,(H2,29,31)(H,30,35)/t21-,22+,23+,25+/m0/s1. The second kappa shape index (κ2) is 9.33. The molecule has 5 rings (SSSR count). The molecule has 0 saturated carbocycles. The Bertz CT molecular complexity index is 1220. The first kappa shape index (κ1) is 24.5. The van der Waals surface area contributed by atoms with Crippen molar-refractivity contribution in [1.82, 2.24) is 10.2 Å². The number of aliphatic hydroxyl groups is 1. The van der Waals surface area contributed by atoms with Crippen LogP contribution in [-0.2, 0) is 16.0 Å². The number of ether oxygens (including phenoxy) is 1. The molecule has 36 heavy (non-hydrogen) atoms. The maximum absolute atomic E-state index is 13.3. The molecule has 2 aliphatic carbocycles. The molecule has 0 aromatic heterocycles. The first-order valence-electron chi connectivity index (χ1n) is 12.7. The van der Waals surface area contributed by atoms with E-state index in [2.05, 4.69) is 5.32 Å². The third-order valence-corrected chi connectivity index (χ3v) is 8.24. The maximum Gasteiger partial charge on any atom is 0.251 e. The van der Waals surface area contributed by atoms with Gasteiger partial charge in [0, 0.05) is 25.5 Å². The summed E-state index contributed by atoms with van der Waals surface area (Å²) >= 11 is 0. The van der Waals surface area contributed by atoms with Gasteiger partial charge in [-0.2, -0.15) is 0 Å². The molecular formula is C28H34N4O4. The average Bonchev–Trinajstić information content (AvgIpc) is 3.40. The van der Waals surface area contributed by atoms with Crippen molar-refractivity contribution in [3.8, 4) is 0 Å². The predicted molar refractivity (Wildman–Crippen MR) is 136 cm³/mol. The zero-order valence-electron chi connectivity index (χ0n) is 21.0. The number of carbonyl (C=O) groups is 2. The van der Waals surface area contributed by atoms with Crippen molar-refractivity contribution in [1.29, 1.82) is 0 Å². The van der Waals surface area contributed by atoms with Gasteiger partial charge in [0.15, 0.2) is 5.96 Å². The van der Waals surface area contributed by atoms with Crippen LogP contribution in [0.3, 0.4) is 0 Å². The van der Waals surface area contributed by atoms with Crippen LogP contribution in [0, 0.1) is 0 Å². The molecule has 190 valence electrons. The minimum Gasteiger partial charge on any atom is -0.390 e. The first-order valence-corrected chi connectivity index (χ1v) is 12.7. The van der Waals surface area contributed by atoms with Gasteiger partial charge in [-0.1, -0.05) is 44.2 Å². The molecular weight excluding hydrogens is 456 g/mol. The average molecular weight is 491 g/mol. The molecule has 0 saturated heterocycles. The van der Waals surface area contributed by atoms with Crippen molar-refractivity contribution in [3.05, 3.63) is 70.3 Å². The number of fused-ring (bicyclic) bond motifs is 2. The Kier molecular flexibility index (Phi) is 6.34.